The first-order valence-electron chi connectivity index (χ1n) is 4.58. The second kappa shape index (κ2) is 2.89. The van der Waals surface area contributed by atoms with Gasteiger partial charge in [0.05, 0.1) is 5.92 Å². The normalized spacial score (nSPS) is 23.6. The molecule has 1 unspecified atom stereocenters. The number of thioether (sulfide) groups is 1. The Hall–Kier alpha value is -1.22. The molecular weight excluding hydrogens is 194 g/mol. The fraction of sp³-hybridized carbons (Fsp3) is 0.182. The highest BCUT2D eigenvalue weighted by Gasteiger charge is 2.33. The van der Waals surface area contributed by atoms with Gasteiger partial charge in [0.2, 0.25) is 5.91 Å². The van der Waals surface area contributed by atoms with E-state index in [9.17, 15) is 4.79 Å². The summed E-state index contributed by atoms with van der Waals surface area (Å²) in [5, 5.41) is 5.05. The van der Waals surface area contributed by atoms with E-state index in [2.05, 4.69) is 16.8 Å². The van der Waals surface area contributed by atoms with Crippen molar-refractivity contribution >= 4 is 28.9 Å². The molecule has 70 valence electrons. The SMILES string of the molecule is O=C1Nc2ccccc2C2=CSCC12. The number of rotatable bonds is 0. The van der Waals surface area contributed by atoms with Crippen molar-refractivity contribution in [2.75, 3.05) is 11.1 Å². The van der Waals surface area contributed by atoms with Crippen LogP contribution >= 0.6 is 11.8 Å². The van der Waals surface area contributed by atoms with E-state index < -0.39 is 0 Å². The summed E-state index contributed by atoms with van der Waals surface area (Å²) >= 11 is 1.72. The molecule has 1 N–H and O–H groups in total. The summed E-state index contributed by atoms with van der Waals surface area (Å²) in [6.07, 6.45) is 0. The van der Waals surface area contributed by atoms with Gasteiger partial charge in [-0.1, -0.05) is 18.2 Å². The Kier molecular flexibility index (Phi) is 1.67. The molecule has 0 spiro atoms. The van der Waals surface area contributed by atoms with E-state index in [1.807, 2.05) is 18.2 Å². The lowest BCUT2D eigenvalue weighted by Crippen LogP contribution is -2.28. The molecule has 0 aromatic heterocycles. The van der Waals surface area contributed by atoms with E-state index >= 15 is 0 Å². The van der Waals surface area contributed by atoms with Crippen LogP contribution in [0.5, 0.6) is 0 Å². The number of benzene rings is 1. The molecule has 2 aliphatic heterocycles. The zero-order valence-corrected chi connectivity index (χ0v) is 8.30. The Morgan fingerprint density at radius 2 is 2.21 bits per heavy atom. The zero-order chi connectivity index (χ0) is 9.54. The Morgan fingerprint density at radius 3 is 3.14 bits per heavy atom. The minimum atomic E-state index is 0.0647. The second-order valence-corrected chi connectivity index (χ2v) is 4.40. The highest BCUT2D eigenvalue weighted by Crippen LogP contribution is 2.42. The van der Waals surface area contributed by atoms with Crippen molar-refractivity contribution in [2.24, 2.45) is 5.92 Å². The summed E-state index contributed by atoms with van der Waals surface area (Å²) in [7, 11) is 0. The van der Waals surface area contributed by atoms with Gasteiger partial charge < -0.3 is 5.32 Å². The summed E-state index contributed by atoms with van der Waals surface area (Å²) in [6.45, 7) is 0. The Labute approximate surface area is 86.4 Å². The van der Waals surface area contributed by atoms with Crippen molar-refractivity contribution in [1.82, 2.24) is 0 Å². The van der Waals surface area contributed by atoms with Crippen LogP contribution in [0.15, 0.2) is 29.7 Å². The van der Waals surface area contributed by atoms with Crippen molar-refractivity contribution in [3.05, 3.63) is 35.2 Å². The molecule has 2 nitrogen and oxygen atoms in total. The molecule has 1 aromatic rings. The maximum Gasteiger partial charge on any atom is 0.232 e. The first-order valence-corrected chi connectivity index (χ1v) is 5.63. The van der Waals surface area contributed by atoms with Gasteiger partial charge in [-0.25, -0.2) is 0 Å². The highest BCUT2D eigenvalue weighted by molar-refractivity contribution is 8.02. The van der Waals surface area contributed by atoms with Gasteiger partial charge >= 0.3 is 0 Å². The van der Waals surface area contributed by atoms with E-state index in [0.717, 1.165) is 11.4 Å². The molecule has 0 radical (unpaired) electrons. The molecule has 0 aliphatic carbocycles. The maximum atomic E-state index is 11.7. The first-order chi connectivity index (χ1) is 6.86. The Balaban J connectivity index is 2.20. The number of amides is 1. The van der Waals surface area contributed by atoms with Gasteiger partial charge in [-0.15, -0.1) is 11.8 Å². The quantitative estimate of drug-likeness (QED) is 0.701. The number of anilines is 1. The summed E-state index contributed by atoms with van der Waals surface area (Å²) < 4.78 is 0. The van der Waals surface area contributed by atoms with Crippen LogP contribution in [0.25, 0.3) is 5.57 Å². The van der Waals surface area contributed by atoms with Gasteiger partial charge in [-0.3, -0.25) is 4.79 Å². The standard InChI is InChI=1S/C11H9NOS/c13-11-9-6-14-5-8(9)7-3-1-2-4-10(7)12-11/h1-5,9H,6H2,(H,12,13). The third-order valence-electron chi connectivity index (χ3n) is 2.66. The molecule has 3 rings (SSSR count). The lowest BCUT2D eigenvalue weighted by molar-refractivity contribution is -0.117. The van der Waals surface area contributed by atoms with Gasteiger partial charge in [0, 0.05) is 17.0 Å². The predicted octanol–water partition coefficient (Wildman–Crippen LogP) is 2.34. The molecular formula is C11H9NOS. The van der Waals surface area contributed by atoms with Crippen molar-refractivity contribution in [2.45, 2.75) is 0 Å². The molecule has 3 heteroatoms. The van der Waals surface area contributed by atoms with Gasteiger partial charge in [-0.2, -0.15) is 0 Å². The van der Waals surface area contributed by atoms with Crippen molar-refractivity contribution in [3.63, 3.8) is 0 Å². The molecule has 1 amide bonds. The lowest BCUT2D eigenvalue weighted by atomic mass is 9.90. The molecule has 1 aromatic carbocycles. The van der Waals surface area contributed by atoms with Crippen LogP contribution in [0.4, 0.5) is 5.69 Å². The van der Waals surface area contributed by atoms with Gasteiger partial charge in [0.1, 0.15) is 0 Å². The van der Waals surface area contributed by atoms with Gasteiger partial charge in [-0.05, 0) is 17.0 Å². The molecule has 14 heavy (non-hydrogen) atoms. The van der Waals surface area contributed by atoms with Crippen LogP contribution in [0, 0.1) is 5.92 Å². The van der Waals surface area contributed by atoms with E-state index in [-0.39, 0.29) is 11.8 Å². The van der Waals surface area contributed by atoms with Crippen LogP contribution in [-0.4, -0.2) is 11.7 Å². The van der Waals surface area contributed by atoms with E-state index in [4.69, 9.17) is 0 Å². The number of carbonyl (C=O) groups excluding carboxylic acids is 1. The third kappa shape index (κ3) is 1.02. The smallest absolute Gasteiger partial charge is 0.232 e. The van der Waals surface area contributed by atoms with Crippen LogP contribution in [0.1, 0.15) is 5.56 Å². The number of carbonyl (C=O) groups is 1. The van der Waals surface area contributed by atoms with E-state index in [1.165, 1.54) is 11.1 Å². The minimum Gasteiger partial charge on any atom is -0.325 e. The molecule has 2 aliphatic rings. The average Bonchev–Trinajstić information content (AvgIpc) is 2.67. The van der Waals surface area contributed by atoms with Crippen molar-refractivity contribution in [1.29, 1.82) is 0 Å². The Bertz CT molecular complexity index is 439. The van der Waals surface area contributed by atoms with Crippen LogP contribution in [-0.2, 0) is 4.79 Å². The summed E-state index contributed by atoms with van der Waals surface area (Å²) in [4.78, 5) is 11.7. The van der Waals surface area contributed by atoms with Gasteiger partial charge in [0.15, 0.2) is 0 Å². The number of hydrogen-bond acceptors (Lipinski definition) is 2. The topological polar surface area (TPSA) is 29.1 Å². The van der Waals surface area contributed by atoms with E-state index in [1.54, 1.807) is 11.8 Å². The third-order valence-corrected chi connectivity index (χ3v) is 3.61. The maximum absolute atomic E-state index is 11.7. The summed E-state index contributed by atoms with van der Waals surface area (Å²) in [5.41, 5.74) is 3.32. The molecule has 1 atom stereocenters. The first kappa shape index (κ1) is 8.12. The van der Waals surface area contributed by atoms with Crippen molar-refractivity contribution < 1.29 is 4.79 Å². The van der Waals surface area contributed by atoms with Crippen LogP contribution in [0.2, 0.25) is 0 Å². The minimum absolute atomic E-state index is 0.0647. The number of hydrogen-bond donors (Lipinski definition) is 1. The second-order valence-electron chi connectivity index (χ2n) is 3.49. The molecule has 0 saturated heterocycles. The van der Waals surface area contributed by atoms with Crippen LogP contribution in [0.3, 0.4) is 0 Å². The summed E-state index contributed by atoms with van der Waals surface area (Å²) in [6, 6.07) is 7.98. The predicted molar refractivity (Wildman–Crippen MR) is 59.0 cm³/mol. The number of nitrogens with one attached hydrogen (secondary N) is 1. The fourth-order valence-electron chi connectivity index (χ4n) is 1.94. The average molecular weight is 203 g/mol. The van der Waals surface area contributed by atoms with Gasteiger partial charge in [0.25, 0.3) is 0 Å². The molecule has 0 saturated carbocycles. The number of para-hydroxylation sites is 1. The Morgan fingerprint density at radius 1 is 1.36 bits per heavy atom. The molecule has 2 heterocycles. The van der Waals surface area contributed by atoms with E-state index in [0.29, 0.717) is 0 Å². The molecule has 0 fully saturated rings. The largest absolute Gasteiger partial charge is 0.325 e. The van der Waals surface area contributed by atoms with Crippen molar-refractivity contribution in [3.8, 4) is 0 Å². The fourth-order valence-corrected chi connectivity index (χ4v) is 3.03. The monoisotopic (exact) mass is 203 g/mol. The molecule has 0 bridgehead atoms. The summed E-state index contributed by atoms with van der Waals surface area (Å²) in [5.74, 6) is 1.09. The lowest BCUT2D eigenvalue weighted by Gasteiger charge is -2.23. The highest BCUT2D eigenvalue weighted by atomic mass is 32.2. The zero-order valence-electron chi connectivity index (χ0n) is 7.49. The van der Waals surface area contributed by atoms with Crippen LogP contribution < -0.4 is 5.32 Å². The number of fused-ring (bicyclic) bond motifs is 3.